The average Bonchev–Trinajstić information content (AvgIpc) is 1.55. The van der Waals surface area contributed by atoms with Crippen LogP contribution in [-0.2, 0) is 42.3 Å². The number of anilines is 2. The predicted molar refractivity (Wildman–Crippen MR) is 340 cm³/mol. The van der Waals surface area contributed by atoms with Crippen LogP contribution in [0.3, 0.4) is 0 Å². The molecule has 0 aliphatic carbocycles. The van der Waals surface area contributed by atoms with Gasteiger partial charge in [0.1, 0.15) is 27.3 Å². The predicted octanol–water partition coefficient (Wildman–Crippen LogP) is 12.7. The van der Waals surface area contributed by atoms with E-state index in [0.29, 0.717) is 35.7 Å². The van der Waals surface area contributed by atoms with Crippen LogP contribution in [0.5, 0.6) is 0 Å². The summed E-state index contributed by atoms with van der Waals surface area (Å²) in [6.45, 7) is 18.4. The van der Waals surface area contributed by atoms with E-state index in [1.54, 1.807) is 69.2 Å². The van der Waals surface area contributed by atoms with Crippen LogP contribution in [0.2, 0.25) is 5.28 Å². The van der Waals surface area contributed by atoms with Crippen LogP contribution in [0.15, 0.2) is 168 Å². The van der Waals surface area contributed by atoms with Crippen molar-refractivity contribution < 1.29 is 43.7 Å². The molecule has 0 amide bonds. The summed E-state index contributed by atoms with van der Waals surface area (Å²) in [5, 5.41) is 15.7. The van der Waals surface area contributed by atoms with Crippen LogP contribution in [0.4, 0.5) is 29.2 Å². The van der Waals surface area contributed by atoms with Gasteiger partial charge in [0.25, 0.3) is 12.9 Å². The van der Waals surface area contributed by atoms with E-state index in [4.69, 9.17) is 25.9 Å². The molecule has 1 aliphatic rings. The fraction of sp³-hybridized carbons (Fsp3) is 0.302. The number of pyridine rings is 4. The van der Waals surface area contributed by atoms with Gasteiger partial charge >= 0.3 is 7.12 Å². The Morgan fingerprint density at radius 2 is 1.07 bits per heavy atom. The van der Waals surface area contributed by atoms with Gasteiger partial charge in [-0.05, 0) is 125 Å². The van der Waals surface area contributed by atoms with Crippen molar-refractivity contribution in [2.45, 2.75) is 122 Å². The molecule has 1 saturated heterocycles. The van der Waals surface area contributed by atoms with Gasteiger partial charge in [-0.1, -0.05) is 93.6 Å². The highest BCUT2D eigenvalue weighted by atomic mass is 35.5. The van der Waals surface area contributed by atoms with E-state index < -0.39 is 83.2 Å². The molecule has 1 aliphatic heterocycles. The van der Waals surface area contributed by atoms with Crippen molar-refractivity contribution >= 4 is 66.7 Å². The summed E-state index contributed by atoms with van der Waals surface area (Å²) in [6, 6.07) is 37.5. The van der Waals surface area contributed by atoms with Crippen LogP contribution in [-0.4, -0.2) is 95.6 Å². The third-order valence-corrected chi connectivity index (χ3v) is 18.4. The van der Waals surface area contributed by atoms with Crippen molar-refractivity contribution in [2.24, 2.45) is 5.41 Å². The standard InChI is InChI=1S/C28H27F2N7O2S.C18H14ClN5.C17H26BF2NO4S/c1-28(2,3)36-40(38,39)22-15-19(16-32-23(22)25(29)30)26-34-27(33-17-20-11-7-8-13-31-20)24-21(12-14-37(24)35-26)18-9-5-4-6-10-18;19-18-22-17(21-12-14-8-4-5-10-20-14)16-15(9-11-24(16)23-18)13-6-2-1-3-7-13;1-15(2,3)10-26(22,23)12-8-11(9-21-13(12)14(19)20)18-24-16(4,5)17(6,7)25-18/h4-16,25,36H,17H2,1-3H3,(H,33,34,35);1-11H,12H2,(H,21,22,23);8-9,14H,10H2,1-7H3. The Morgan fingerprint density at radius 3 is 1.54 bits per heavy atom. The smallest absolute Gasteiger partial charge is 0.399 e. The molecule has 8 aromatic heterocycles. The second-order valence-corrected chi connectivity index (χ2v) is 28.2. The lowest BCUT2D eigenvalue weighted by atomic mass is 9.80. The zero-order valence-corrected chi connectivity index (χ0v) is 53.4. The first-order valence-electron chi connectivity index (χ1n) is 28.4. The molecule has 470 valence electrons. The zero-order valence-electron chi connectivity index (χ0n) is 51.0. The Labute approximate surface area is 525 Å². The van der Waals surface area contributed by atoms with Gasteiger partial charge in [0.2, 0.25) is 15.3 Å². The van der Waals surface area contributed by atoms with Gasteiger partial charge in [0.05, 0.1) is 46.3 Å². The van der Waals surface area contributed by atoms with Crippen molar-refractivity contribution in [3.8, 4) is 33.6 Å². The molecule has 2 aromatic carbocycles. The van der Waals surface area contributed by atoms with E-state index in [0.717, 1.165) is 51.4 Å². The summed E-state index contributed by atoms with van der Waals surface area (Å²) in [5.41, 5.74) is 3.39. The minimum Gasteiger partial charge on any atom is -0.399 e. The molecular formula is C63H67BClF4N13O6S2. The van der Waals surface area contributed by atoms with Crippen molar-refractivity contribution in [2.75, 3.05) is 16.4 Å². The third-order valence-electron chi connectivity index (χ3n) is 14.2. The van der Waals surface area contributed by atoms with E-state index in [-0.39, 0.29) is 22.4 Å². The highest BCUT2D eigenvalue weighted by Crippen LogP contribution is 2.38. The summed E-state index contributed by atoms with van der Waals surface area (Å²) in [5.74, 6) is 0.972. The van der Waals surface area contributed by atoms with Crippen LogP contribution in [0.25, 0.3) is 44.7 Å². The van der Waals surface area contributed by atoms with Crippen molar-refractivity contribution in [3.63, 3.8) is 0 Å². The van der Waals surface area contributed by atoms with E-state index in [1.807, 2.05) is 131 Å². The van der Waals surface area contributed by atoms with Crippen LogP contribution in [0.1, 0.15) is 105 Å². The van der Waals surface area contributed by atoms with E-state index in [1.165, 1.54) is 12.3 Å². The number of hydrogen-bond acceptors (Lipinski definition) is 16. The summed E-state index contributed by atoms with van der Waals surface area (Å²) >= 11 is 6.06. The number of rotatable bonds is 16. The van der Waals surface area contributed by atoms with Gasteiger partial charge in [-0.2, -0.15) is 4.98 Å². The maximum absolute atomic E-state index is 13.8. The van der Waals surface area contributed by atoms with E-state index in [9.17, 15) is 34.4 Å². The quantitative estimate of drug-likeness (QED) is 0.0602. The molecular weight excluding hydrogens is 1220 g/mol. The molecule has 3 N–H and O–H groups in total. The minimum atomic E-state index is -4.33. The number of alkyl halides is 4. The molecule has 19 nitrogen and oxygen atoms in total. The Balaban J connectivity index is 0.000000168. The second kappa shape index (κ2) is 26.7. The average molecular weight is 1290 g/mol. The summed E-state index contributed by atoms with van der Waals surface area (Å²) in [4.78, 5) is 24.2. The maximum atomic E-state index is 13.8. The maximum Gasteiger partial charge on any atom is 0.496 e. The molecule has 0 radical (unpaired) electrons. The van der Waals surface area contributed by atoms with Crippen LogP contribution < -0.4 is 20.8 Å². The van der Waals surface area contributed by atoms with Gasteiger partial charge in [0.15, 0.2) is 27.3 Å². The molecule has 27 heteroatoms. The van der Waals surface area contributed by atoms with Gasteiger partial charge in [-0.3, -0.25) is 19.9 Å². The molecule has 0 unspecified atom stereocenters. The van der Waals surface area contributed by atoms with Gasteiger partial charge < -0.3 is 19.9 Å². The van der Waals surface area contributed by atoms with E-state index in [2.05, 4.69) is 62.6 Å². The van der Waals surface area contributed by atoms with E-state index >= 15 is 0 Å². The molecule has 0 atom stereocenters. The Kier molecular flexibility index (Phi) is 19.6. The molecule has 1 fully saturated rings. The molecule has 10 aromatic rings. The molecule has 9 heterocycles. The SMILES string of the molecule is CC(C)(C)CS(=O)(=O)c1cc(B2OC(C)(C)C(C)(C)O2)cnc1C(F)F.CC(C)(C)NS(=O)(=O)c1cc(-c2nc(NCc3ccccn3)c3c(-c4ccccc4)ccn3n2)cnc1C(F)F.Clc1nc(NCc2ccccn2)c2c(-c3ccccc3)ccn2n1. The van der Waals surface area contributed by atoms with Crippen molar-refractivity contribution in [3.05, 3.63) is 187 Å². The monoisotopic (exact) mass is 1290 g/mol. The summed E-state index contributed by atoms with van der Waals surface area (Å²) < 4.78 is 124. The Hall–Kier alpha value is -8.27. The second-order valence-electron chi connectivity index (χ2n) is 24.3. The number of sulfone groups is 1. The first-order chi connectivity index (χ1) is 42.4. The number of sulfonamides is 1. The lowest BCUT2D eigenvalue weighted by molar-refractivity contribution is 0.00578. The summed E-state index contributed by atoms with van der Waals surface area (Å²) in [6.07, 6.45) is 3.36. The molecule has 0 spiro atoms. The normalized spacial score (nSPS) is 14.1. The van der Waals surface area contributed by atoms with Crippen LogP contribution in [0, 0.1) is 5.41 Å². The first-order valence-corrected chi connectivity index (χ1v) is 31.9. The number of halogens is 5. The topological polar surface area (TPSA) is 235 Å². The highest BCUT2D eigenvalue weighted by Gasteiger charge is 2.52. The van der Waals surface area contributed by atoms with Gasteiger partial charge in [-0.15, -0.1) is 10.2 Å². The van der Waals surface area contributed by atoms with Crippen molar-refractivity contribution in [1.29, 1.82) is 0 Å². The Morgan fingerprint density at radius 1 is 0.589 bits per heavy atom. The minimum absolute atomic E-state index is 0.103. The highest BCUT2D eigenvalue weighted by molar-refractivity contribution is 7.91. The molecule has 0 saturated carbocycles. The summed E-state index contributed by atoms with van der Waals surface area (Å²) in [7, 11) is -9.16. The van der Waals surface area contributed by atoms with Gasteiger partial charge in [0, 0.05) is 64.9 Å². The number of nitrogens with one attached hydrogen (secondary N) is 3. The van der Waals surface area contributed by atoms with Crippen molar-refractivity contribution in [1.82, 2.24) is 53.9 Å². The number of nitrogens with zero attached hydrogens (tertiary/aromatic N) is 10. The number of aromatic nitrogens is 10. The molecule has 11 rings (SSSR count). The molecule has 90 heavy (non-hydrogen) atoms. The number of benzene rings is 2. The third kappa shape index (κ3) is 15.8. The lowest BCUT2D eigenvalue weighted by Crippen LogP contribution is -2.41. The van der Waals surface area contributed by atoms with Gasteiger partial charge in [-0.25, -0.2) is 53.1 Å². The molecule has 0 bridgehead atoms. The fourth-order valence-corrected chi connectivity index (χ4v) is 13.4. The zero-order chi connectivity index (χ0) is 65.0. The largest absolute Gasteiger partial charge is 0.496 e. The fourth-order valence-electron chi connectivity index (χ4n) is 9.50. The number of fused-ring (bicyclic) bond motifs is 2. The number of hydrogen-bond donors (Lipinski definition) is 3. The Bertz CT molecular complexity index is 4360. The van der Waals surface area contributed by atoms with Crippen LogP contribution >= 0.6 is 11.6 Å². The first kappa shape index (κ1) is 66.2. The lowest BCUT2D eigenvalue weighted by Gasteiger charge is -2.32.